The van der Waals surface area contributed by atoms with Gasteiger partial charge in [-0.05, 0) is 79.7 Å². The lowest BCUT2D eigenvalue weighted by Crippen LogP contribution is -2.32. The first kappa shape index (κ1) is 28.9. The molecule has 196 valence electrons. The molecule has 37 heavy (non-hydrogen) atoms. The average molecular weight is 581 g/mol. The van der Waals surface area contributed by atoms with Crippen LogP contribution < -0.4 is 15.5 Å². The number of carbonyl (C=O) groups is 1. The minimum Gasteiger partial charge on any atom is -0.371 e. The summed E-state index contributed by atoms with van der Waals surface area (Å²) in [6, 6.07) is 17.4. The Bertz CT molecular complexity index is 1140. The van der Waals surface area contributed by atoms with Crippen molar-refractivity contribution in [2.24, 2.45) is 0 Å². The highest BCUT2D eigenvalue weighted by Crippen LogP contribution is 2.30. The molecule has 1 fully saturated rings. The SMILES string of the molecule is C=C1C=C(Br)C=CN1/C(C)=C(\C)CC.O=CNCc1ccc(N2CCC(c3ccc(P)cc3)CC2)cc1. The number of amides is 1. The molecule has 1 amide bonds. The summed E-state index contributed by atoms with van der Waals surface area (Å²) in [5.41, 5.74) is 7.54. The first-order valence-electron chi connectivity index (χ1n) is 12.9. The maximum atomic E-state index is 10.3. The third-order valence-corrected chi connectivity index (χ3v) is 7.98. The molecule has 0 saturated carbocycles. The van der Waals surface area contributed by atoms with Crippen LogP contribution in [0.5, 0.6) is 0 Å². The van der Waals surface area contributed by atoms with Crippen molar-refractivity contribution in [1.29, 1.82) is 0 Å². The van der Waals surface area contributed by atoms with Crippen LogP contribution in [0, 0.1) is 0 Å². The van der Waals surface area contributed by atoms with Crippen LogP contribution in [0.2, 0.25) is 0 Å². The van der Waals surface area contributed by atoms with Crippen molar-refractivity contribution in [3.8, 4) is 0 Å². The van der Waals surface area contributed by atoms with Crippen LogP contribution in [-0.2, 0) is 11.3 Å². The van der Waals surface area contributed by atoms with Gasteiger partial charge in [-0.25, -0.2) is 0 Å². The first-order valence-corrected chi connectivity index (χ1v) is 14.3. The third kappa shape index (κ3) is 8.45. The Balaban J connectivity index is 0.000000233. The highest BCUT2D eigenvalue weighted by molar-refractivity contribution is 9.11. The second-order valence-electron chi connectivity index (χ2n) is 9.52. The van der Waals surface area contributed by atoms with Crippen molar-refractivity contribution in [3.05, 3.63) is 106 Å². The van der Waals surface area contributed by atoms with E-state index in [1.165, 1.54) is 40.7 Å². The van der Waals surface area contributed by atoms with Gasteiger partial charge in [-0.2, -0.15) is 0 Å². The Hall–Kier alpha value is -2.62. The van der Waals surface area contributed by atoms with Crippen LogP contribution in [-0.4, -0.2) is 24.4 Å². The largest absolute Gasteiger partial charge is 0.371 e. The summed E-state index contributed by atoms with van der Waals surface area (Å²) in [5, 5.41) is 3.94. The van der Waals surface area contributed by atoms with Crippen LogP contribution >= 0.6 is 25.2 Å². The molecule has 2 aromatic carbocycles. The van der Waals surface area contributed by atoms with E-state index in [-0.39, 0.29) is 0 Å². The molecule has 0 aromatic heterocycles. The zero-order chi connectivity index (χ0) is 26.8. The Morgan fingerprint density at radius 3 is 2.32 bits per heavy atom. The van der Waals surface area contributed by atoms with E-state index in [2.05, 4.69) is 116 Å². The maximum absolute atomic E-state index is 10.3. The van der Waals surface area contributed by atoms with Gasteiger partial charge in [0, 0.05) is 47.4 Å². The number of nitrogens with zero attached hydrogens (tertiary/aromatic N) is 2. The van der Waals surface area contributed by atoms with E-state index >= 15 is 0 Å². The van der Waals surface area contributed by atoms with Crippen molar-refractivity contribution in [3.63, 3.8) is 0 Å². The molecule has 2 aliphatic rings. The average Bonchev–Trinajstić information content (AvgIpc) is 2.92. The Kier molecular flexibility index (Phi) is 11.2. The fourth-order valence-corrected chi connectivity index (χ4v) is 5.11. The predicted molar refractivity (Wildman–Crippen MR) is 165 cm³/mol. The summed E-state index contributed by atoms with van der Waals surface area (Å²) in [4.78, 5) is 14.9. The van der Waals surface area contributed by atoms with Gasteiger partial charge in [0.1, 0.15) is 0 Å². The number of hydrogen-bond acceptors (Lipinski definition) is 3. The molecule has 4 rings (SSSR count). The van der Waals surface area contributed by atoms with Gasteiger partial charge < -0.3 is 15.1 Å². The van der Waals surface area contributed by atoms with Crippen molar-refractivity contribution < 1.29 is 4.79 Å². The number of nitrogens with one attached hydrogen (secondary N) is 1. The molecule has 1 atom stereocenters. The molecule has 0 spiro atoms. The minimum atomic E-state index is 0.595. The van der Waals surface area contributed by atoms with Gasteiger partial charge in [0.05, 0.1) is 0 Å². The van der Waals surface area contributed by atoms with Crippen molar-refractivity contribution in [1.82, 2.24) is 10.2 Å². The van der Waals surface area contributed by atoms with Crippen LogP contribution in [0.1, 0.15) is 57.1 Å². The number of benzene rings is 2. The molecule has 6 heteroatoms. The number of halogens is 1. The number of allylic oxidation sites excluding steroid dienone is 5. The van der Waals surface area contributed by atoms with Crippen LogP contribution in [0.25, 0.3) is 0 Å². The summed E-state index contributed by atoms with van der Waals surface area (Å²) in [6.45, 7) is 13.3. The van der Waals surface area contributed by atoms with E-state index in [1.54, 1.807) is 0 Å². The molecule has 0 bridgehead atoms. The molecule has 0 aliphatic carbocycles. The van der Waals surface area contributed by atoms with E-state index in [0.717, 1.165) is 41.7 Å². The van der Waals surface area contributed by atoms with Gasteiger partial charge in [-0.15, -0.1) is 9.24 Å². The van der Waals surface area contributed by atoms with Gasteiger partial charge in [0.2, 0.25) is 6.41 Å². The summed E-state index contributed by atoms with van der Waals surface area (Å²) in [5.74, 6) is 0.674. The second-order valence-corrected chi connectivity index (χ2v) is 11.1. The monoisotopic (exact) mass is 579 g/mol. The topological polar surface area (TPSA) is 35.6 Å². The van der Waals surface area contributed by atoms with E-state index in [1.807, 2.05) is 18.4 Å². The molecule has 0 radical (unpaired) electrons. The van der Waals surface area contributed by atoms with E-state index < -0.39 is 0 Å². The van der Waals surface area contributed by atoms with Crippen LogP contribution in [0.3, 0.4) is 0 Å². The van der Waals surface area contributed by atoms with Gasteiger partial charge in [0.25, 0.3) is 0 Å². The van der Waals surface area contributed by atoms with Crippen LogP contribution in [0.4, 0.5) is 5.69 Å². The number of anilines is 1. The second kappa shape index (κ2) is 14.4. The number of rotatable bonds is 7. The zero-order valence-corrected chi connectivity index (χ0v) is 25.0. The molecule has 4 nitrogen and oxygen atoms in total. The van der Waals surface area contributed by atoms with E-state index in [4.69, 9.17) is 0 Å². The normalized spacial score (nSPS) is 16.5. The predicted octanol–water partition coefficient (Wildman–Crippen LogP) is 7.13. The number of carbonyl (C=O) groups excluding carboxylic acids is 1. The Morgan fingerprint density at radius 1 is 1.11 bits per heavy atom. The highest BCUT2D eigenvalue weighted by atomic mass is 79.9. The fraction of sp³-hybridized carbons (Fsp3) is 0.323. The number of hydrogen-bond donors (Lipinski definition) is 1. The van der Waals surface area contributed by atoms with E-state index in [9.17, 15) is 4.79 Å². The lowest BCUT2D eigenvalue weighted by atomic mass is 9.89. The van der Waals surface area contributed by atoms with Crippen molar-refractivity contribution in [2.45, 2.75) is 52.5 Å². The molecular weight excluding hydrogens is 541 g/mol. The molecule has 2 heterocycles. The minimum absolute atomic E-state index is 0.595. The quantitative estimate of drug-likeness (QED) is 0.280. The van der Waals surface area contributed by atoms with E-state index in [0.29, 0.717) is 12.5 Å². The Morgan fingerprint density at radius 2 is 1.76 bits per heavy atom. The lowest BCUT2D eigenvalue weighted by molar-refractivity contribution is -0.109. The summed E-state index contributed by atoms with van der Waals surface area (Å²) in [7, 11) is 2.74. The number of piperidine rings is 1. The lowest BCUT2D eigenvalue weighted by Gasteiger charge is -2.34. The standard InChI is InChI=1S/C19H23N2OP.C12H16BrN/c22-14-20-13-15-1-5-18(6-2-15)21-11-9-17(10-12-21)16-3-7-19(23)8-4-16;1-5-9(2)11(4)14-7-6-12(13)8-10(14)3/h1-8,14,17H,9-13,23H2,(H,20,22);6-8H,3,5H2,1-2,4H3/b;11-9+. The molecule has 2 aliphatic heterocycles. The Labute approximate surface area is 233 Å². The van der Waals surface area contributed by atoms with Crippen LogP contribution in [0.15, 0.2) is 94.9 Å². The zero-order valence-electron chi connectivity index (χ0n) is 22.2. The van der Waals surface area contributed by atoms with Crippen molar-refractivity contribution >= 4 is 42.6 Å². The summed E-state index contributed by atoms with van der Waals surface area (Å²) >= 11 is 3.43. The molecule has 1 N–H and O–H groups in total. The third-order valence-electron chi connectivity index (χ3n) is 7.10. The van der Waals surface area contributed by atoms with Crippen molar-refractivity contribution in [2.75, 3.05) is 18.0 Å². The molecule has 2 aromatic rings. The molecule has 1 unspecified atom stereocenters. The maximum Gasteiger partial charge on any atom is 0.207 e. The smallest absolute Gasteiger partial charge is 0.207 e. The van der Waals surface area contributed by atoms with Gasteiger partial charge in [0.15, 0.2) is 0 Å². The molecule has 1 saturated heterocycles. The fourth-order valence-electron chi connectivity index (χ4n) is 4.53. The molecular formula is C31H39BrN3OP. The first-order chi connectivity index (χ1) is 17.8. The van der Waals surface area contributed by atoms with Gasteiger partial charge in [-0.1, -0.05) is 71.4 Å². The summed E-state index contributed by atoms with van der Waals surface area (Å²) < 4.78 is 1.07. The van der Waals surface area contributed by atoms with Gasteiger partial charge in [-0.3, -0.25) is 4.79 Å². The highest BCUT2D eigenvalue weighted by Gasteiger charge is 2.20. The summed E-state index contributed by atoms with van der Waals surface area (Å²) in [6.07, 6.45) is 10.3. The van der Waals surface area contributed by atoms with Gasteiger partial charge >= 0.3 is 0 Å².